The molecule has 0 unspecified atom stereocenters. The smallest absolute Gasteiger partial charge is 0.118 e. The highest BCUT2D eigenvalue weighted by Crippen LogP contribution is 2.35. The summed E-state index contributed by atoms with van der Waals surface area (Å²) in [6.45, 7) is 4.11. The molecule has 1 saturated heterocycles. The minimum absolute atomic E-state index is 0.587. The molecule has 6 heteroatoms. The Labute approximate surface area is 176 Å². The van der Waals surface area contributed by atoms with Crippen LogP contribution < -0.4 is 4.90 Å². The first-order chi connectivity index (χ1) is 14.6. The molecule has 6 nitrogen and oxygen atoms in total. The van der Waals surface area contributed by atoms with Crippen molar-refractivity contribution in [2.45, 2.75) is 19.4 Å². The zero-order chi connectivity index (χ0) is 20.7. The van der Waals surface area contributed by atoms with Crippen LogP contribution in [0.3, 0.4) is 0 Å². The van der Waals surface area contributed by atoms with Crippen LogP contribution >= 0.6 is 0 Å². The van der Waals surface area contributed by atoms with Crippen molar-refractivity contribution in [2.75, 3.05) is 32.1 Å². The van der Waals surface area contributed by atoms with E-state index < -0.39 is 0 Å². The molecule has 0 saturated carbocycles. The number of H-pyrrole nitrogens is 1. The Morgan fingerprint density at radius 1 is 1.13 bits per heavy atom. The van der Waals surface area contributed by atoms with Gasteiger partial charge in [-0.25, -0.2) is 0 Å². The number of aryl methyl sites for hydroxylation is 1. The summed E-state index contributed by atoms with van der Waals surface area (Å²) in [5.41, 5.74) is 7.18. The monoisotopic (exact) mass is 398 g/mol. The second-order valence-electron chi connectivity index (χ2n) is 8.23. The average Bonchev–Trinajstić information content (AvgIpc) is 3.43. The standard InChI is InChI=1S/C24H26N6/c1-16-5-4-6-22(27-16)24-20(14-26-28-24)17-7-8-21-19(13-17)23(9-11-25-21)30-12-10-18(15-30)29(2)3/h4-9,11,13-14,18H,10,12,15H2,1-3H3,(H,26,28)/t18-/m0/s1. The Balaban J connectivity index is 1.58. The molecule has 0 amide bonds. The molecule has 1 aliphatic rings. The van der Waals surface area contributed by atoms with Gasteiger partial charge in [-0.1, -0.05) is 12.1 Å². The zero-order valence-corrected chi connectivity index (χ0v) is 17.6. The summed E-state index contributed by atoms with van der Waals surface area (Å²) in [4.78, 5) is 14.1. The first-order valence-corrected chi connectivity index (χ1v) is 10.4. The fourth-order valence-electron chi connectivity index (χ4n) is 4.34. The Hall–Kier alpha value is -3.25. The molecule has 0 bridgehead atoms. The van der Waals surface area contributed by atoms with Crippen molar-refractivity contribution >= 4 is 16.6 Å². The van der Waals surface area contributed by atoms with Gasteiger partial charge in [-0.05, 0) is 63.3 Å². The molecule has 1 fully saturated rings. The van der Waals surface area contributed by atoms with E-state index in [1.807, 2.05) is 37.5 Å². The van der Waals surface area contributed by atoms with Gasteiger partial charge in [0.1, 0.15) is 5.69 Å². The van der Waals surface area contributed by atoms with Crippen LogP contribution in [0.5, 0.6) is 0 Å². The number of aromatic amines is 1. The minimum atomic E-state index is 0.587. The van der Waals surface area contributed by atoms with Gasteiger partial charge < -0.3 is 9.80 Å². The quantitative estimate of drug-likeness (QED) is 0.560. The number of benzene rings is 1. The van der Waals surface area contributed by atoms with Gasteiger partial charge in [0.25, 0.3) is 0 Å². The van der Waals surface area contributed by atoms with Gasteiger partial charge in [-0.15, -0.1) is 0 Å². The van der Waals surface area contributed by atoms with Crippen molar-refractivity contribution in [1.29, 1.82) is 0 Å². The number of nitrogens with zero attached hydrogens (tertiary/aromatic N) is 5. The molecule has 1 aromatic carbocycles. The minimum Gasteiger partial charge on any atom is -0.369 e. The van der Waals surface area contributed by atoms with Crippen LogP contribution in [-0.2, 0) is 0 Å². The topological polar surface area (TPSA) is 60.9 Å². The lowest BCUT2D eigenvalue weighted by Gasteiger charge is -2.23. The highest BCUT2D eigenvalue weighted by Gasteiger charge is 2.25. The van der Waals surface area contributed by atoms with Gasteiger partial charge in [-0.2, -0.15) is 5.10 Å². The number of anilines is 1. The van der Waals surface area contributed by atoms with E-state index in [4.69, 9.17) is 0 Å². The van der Waals surface area contributed by atoms with E-state index in [1.54, 1.807) is 0 Å². The van der Waals surface area contributed by atoms with Gasteiger partial charge in [0, 0.05) is 53.9 Å². The third kappa shape index (κ3) is 3.33. The van der Waals surface area contributed by atoms with Crippen molar-refractivity contribution in [1.82, 2.24) is 25.1 Å². The van der Waals surface area contributed by atoms with E-state index in [-0.39, 0.29) is 0 Å². The summed E-state index contributed by atoms with van der Waals surface area (Å²) >= 11 is 0. The van der Waals surface area contributed by atoms with Crippen LogP contribution in [0, 0.1) is 6.92 Å². The van der Waals surface area contributed by atoms with E-state index in [1.165, 1.54) is 17.5 Å². The highest BCUT2D eigenvalue weighted by atomic mass is 15.2. The summed E-state index contributed by atoms with van der Waals surface area (Å²) in [5.74, 6) is 0. The van der Waals surface area contributed by atoms with Crippen LogP contribution in [-0.4, -0.2) is 58.3 Å². The van der Waals surface area contributed by atoms with E-state index in [9.17, 15) is 0 Å². The molecule has 1 atom stereocenters. The Morgan fingerprint density at radius 3 is 2.83 bits per heavy atom. The van der Waals surface area contributed by atoms with Crippen LogP contribution in [0.1, 0.15) is 12.1 Å². The highest BCUT2D eigenvalue weighted by molar-refractivity contribution is 5.96. The van der Waals surface area contributed by atoms with Crippen LogP contribution in [0.25, 0.3) is 33.4 Å². The average molecular weight is 399 g/mol. The molecule has 152 valence electrons. The molecular formula is C24H26N6. The van der Waals surface area contributed by atoms with Gasteiger partial charge in [0.15, 0.2) is 0 Å². The van der Waals surface area contributed by atoms with Gasteiger partial charge in [0.2, 0.25) is 0 Å². The Kier molecular flexibility index (Phi) is 4.71. The molecule has 30 heavy (non-hydrogen) atoms. The Bertz CT molecular complexity index is 1200. The van der Waals surface area contributed by atoms with E-state index in [0.29, 0.717) is 6.04 Å². The summed E-state index contributed by atoms with van der Waals surface area (Å²) in [5, 5.41) is 8.70. The predicted molar refractivity (Wildman–Crippen MR) is 122 cm³/mol. The maximum absolute atomic E-state index is 4.66. The van der Waals surface area contributed by atoms with E-state index in [2.05, 4.69) is 68.3 Å². The number of fused-ring (bicyclic) bond motifs is 1. The second kappa shape index (κ2) is 7.54. The fraction of sp³-hybridized carbons (Fsp3) is 0.292. The first-order valence-electron chi connectivity index (χ1n) is 10.4. The molecule has 3 aromatic heterocycles. The number of nitrogens with one attached hydrogen (secondary N) is 1. The Morgan fingerprint density at radius 2 is 2.03 bits per heavy atom. The maximum atomic E-state index is 4.66. The third-order valence-corrected chi connectivity index (χ3v) is 6.04. The summed E-state index contributed by atoms with van der Waals surface area (Å²) in [6.07, 6.45) is 5.05. The first kappa shape index (κ1) is 18.8. The normalized spacial score (nSPS) is 16.7. The van der Waals surface area contributed by atoms with Crippen LogP contribution in [0.2, 0.25) is 0 Å². The SMILES string of the molecule is Cc1cccc(-c2n[nH]cc2-c2ccc3nccc(N4CC[C@H](N(C)C)C4)c3c2)n1. The molecule has 0 aliphatic carbocycles. The summed E-state index contributed by atoms with van der Waals surface area (Å²) < 4.78 is 0. The summed E-state index contributed by atoms with van der Waals surface area (Å²) in [6, 6.07) is 15.2. The number of rotatable bonds is 4. The van der Waals surface area contributed by atoms with Crippen molar-refractivity contribution in [3.05, 3.63) is 60.6 Å². The fourth-order valence-corrected chi connectivity index (χ4v) is 4.34. The lowest BCUT2D eigenvalue weighted by atomic mass is 10.0. The molecule has 0 spiro atoms. The van der Waals surface area contributed by atoms with Gasteiger partial charge >= 0.3 is 0 Å². The number of pyridine rings is 2. The van der Waals surface area contributed by atoms with Gasteiger partial charge in [0.05, 0.1) is 11.2 Å². The molecule has 4 heterocycles. The molecule has 4 aromatic rings. The van der Waals surface area contributed by atoms with Crippen LogP contribution in [0.4, 0.5) is 5.69 Å². The zero-order valence-electron chi connectivity index (χ0n) is 17.6. The number of likely N-dealkylation sites (N-methyl/N-ethyl adjacent to an activating group) is 1. The van der Waals surface area contributed by atoms with Crippen molar-refractivity contribution < 1.29 is 0 Å². The second-order valence-corrected chi connectivity index (χ2v) is 8.23. The number of aromatic nitrogens is 4. The van der Waals surface area contributed by atoms with Crippen LogP contribution in [0.15, 0.2) is 54.9 Å². The van der Waals surface area contributed by atoms with E-state index in [0.717, 1.165) is 46.8 Å². The molecule has 0 radical (unpaired) electrons. The molecule has 1 N–H and O–H groups in total. The van der Waals surface area contributed by atoms with Crippen molar-refractivity contribution in [3.8, 4) is 22.5 Å². The number of hydrogen-bond acceptors (Lipinski definition) is 5. The molecule has 1 aliphatic heterocycles. The third-order valence-electron chi connectivity index (χ3n) is 6.04. The predicted octanol–water partition coefficient (Wildman–Crippen LogP) is 4.14. The number of hydrogen-bond donors (Lipinski definition) is 1. The van der Waals surface area contributed by atoms with Crippen molar-refractivity contribution in [3.63, 3.8) is 0 Å². The lowest BCUT2D eigenvalue weighted by molar-refractivity contribution is 0.315. The van der Waals surface area contributed by atoms with Crippen molar-refractivity contribution in [2.24, 2.45) is 0 Å². The molecular weight excluding hydrogens is 372 g/mol. The maximum Gasteiger partial charge on any atom is 0.118 e. The van der Waals surface area contributed by atoms with Gasteiger partial charge in [-0.3, -0.25) is 15.1 Å². The molecule has 5 rings (SSSR count). The largest absolute Gasteiger partial charge is 0.369 e. The lowest BCUT2D eigenvalue weighted by Crippen LogP contribution is -2.31. The van der Waals surface area contributed by atoms with E-state index >= 15 is 0 Å². The summed E-state index contributed by atoms with van der Waals surface area (Å²) in [7, 11) is 4.33.